The average Bonchev–Trinajstić information content (AvgIpc) is 3.56. The minimum atomic E-state index is -0.564. The van der Waals surface area contributed by atoms with Gasteiger partial charge >= 0.3 is 11.9 Å². The van der Waals surface area contributed by atoms with E-state index in [0.717, 1.165) is 24.9 Å². The summed E-state index contributed by atoms with van der Waals surface area (Å²) in [5, 5.41) is 17.0. The number of pyridine rings is 2. The van der Waals surface area contributed by atoms with Crippen molar-refractivity contribution < 1.29 is 19.1 Å². The normalized spacial score (nSPS) is 19.8. The Labute approximate surface area is 294 Å². The van der Waals surface area contributed by atoms with Gasteiger partial charge in [-0.15, -0.1) is 10.2 Å². The highest BCUT2D eigenvalue weighted by Gasteiger charge is 2.34. The molecule has 0 amide bonds. The topological polar surface area (TPSA) is 238 Å². The lowest BCUT2D eigenvalue weighted by Crippen LogP contribution is -2.46. The molecule has 0 saturated carbocycles. The predicted molar refractivity (Wildman–Crippen MR) is 193 cm³/mol. The fourth-order valence-corrected chi connectivity index (χ4v) is 6.13. The zero-order chi connectivity index (χ0) is 36.1. The van der Waals surface area contributed by atoms with E-state index in [-0.39, 0.29) is 58.1 Å². The molecule has 0 spiro atoms. The van der Waals surface area contributed by atoms with Gasteiger partial charge in [0.1, 0.15) is 23.5 Å². The van der Waals surface area contributed by atoms with Crippen LogP contribution in [0.2, 0.25) is 0 Å². The van der Waals surface area contributed by atoms with Crippen LogP contribution in [0, 0.1) is 0 Å². The van der Waals surface area contributed by atoms with Crippen LogP contribution in [-0.4, -0.2) is 71.0 Å². The molecule has 4 heterocycles. The number of anilines is 4. The van der Waals surface area contributed by atoms with Crippen LogP contribution in [0.4, 0.5) is 46.0 Å². The van der Waals surface area contributed by atoms with E-state index in [1.165, 1.54) is 12.1 Å². The third kappa shape index (κ3) is 8.25. The number of rotatable bonds is 9. The van der Waals surface area contributed by atoms with Gasteiger partial charge in [0.05, 0.1) is 11.4 Å². The van der Waals surface area contributed by atoms with Crippen molar-refractivity contribution in [3.05, 3.63) is 72.3 Å². The number of carbonyl (C=O) groups is 2. The molecule has 51 heavy (non-hydrogen) atoms. The van der Waals surface area contributed by atoms with E-state index in [1.807, 2.05) is 60.3 Å². The largest absolute Gasteiger partial charge is 0.421 e. The number of nitrogen functional groups attached to an aromatic ring is 4. The van der Waals surface area contributed by atoms with Crippen molar-refractivity contribution in [3.8, 4) is 11.5 Å². The molecule has 0 aliphatic carbocycles. The molecule has 8 N–H and O–H groups in total. The van der Waals surface area contributed by atoms with E-state index in [4.69, 9.17) is 32.4 Å². The molecule has 2 aliphatic rings. The molecule has 2 aromatic carbocycles. The van der Waals surface area contributed by atoms with E-state index in [2.05, 4.69) is 30.4 Å². The van der Waals surface area contributed by atoms with Crippen LogP contribution in [-0.2, 0) is 9.59 Å². The highest BCUT2D eigenvalue weighted by Crippen LogP contribution is 2.37. The molecule has 0 bridgehead atoms. The van der Waals surface area contributed by atoms with Crippen molar-refractivity contribution >= 4 is 58.0 Å². The van der Waals surface area contributed by atoms with E-state index in [1.54, 1.807) is 18.2 Å². The fourth-order valence-electron chi connectivity index (χ4n) is 6.13. The maximum Gasteiger partial charge on any atom is 0.328 e. The van der Waals surface area contributed by atoms with Crippen molar-refractivity contribution in [2.24, 2.45) is 20.5 Å². The SMILES string of the molecule is CN1CCCC1C(=O)Oc1cc(/N=N/c2cccc(C3CCN(C)C(C(=O)Oc4cc(/N=N/c5ccccc5)c(N)nc4N)C3)c2)c(N)nc1N. The zero-order valence-electron chi connectivity index (χ0n) is 28.3. The Morgan fingerprint density at radius 2 is 1.24 bits per heavy atom. The van der Waals surface area contributed by atoms with Gasteiger partial charge in [0.25, 0.3) is 0 Å². The lowest BCUT2D eigenvalue weighted by atomic mass is 9.85. The van der Waals surface area contributed by atoms with Crippen molar-refractivity contribution in [2.75, 3.05) is 50.1 Å². The second-order valence-corrected chi connectivity index (χ2v) is 12.6. The van der Waals surface area contributed by atoms with Crippen molar-refractivity contribution in [3.63, 3.8) is 0 Å². The number of likely N-dealkylation sites (tertiary alicyclic amines) is 2. The zero-order valence-corrected chi connectivity index (χ0v) is 28.3. The van der Waals surface area contributed by atoms with Gasteiger partial charge in [-0.05, 0) is 88.6 Å². The number of nitrogens with two attached hydrogens (primary N) is 4. The summed E-state index contributed by atoms with van der Waals surface area (Å²) in [6.45, 7) is 1.46. The first-order valence-electron chi connectivity index (χ1n) is 16.5. The summed E-state index contributed by atoms with van der Waals surface area (Å²) in [4.78, 5) is 38.4. The van der Waals surface area contributed by atoms with Crippen LogP contribution in [0.15, 0.2) is 87.2 Å². The summed E-state index contributed by atoms with van der Waals surface area (Å²) in [5.74, 6) is -0.680. The summed E-state index contributed by atoms with van der Waals surface area (Å²) in [6, 6.07) is 18.7. The van der Waals surface area contributed by atoms with E-state index in [9.17, 15) is 9.59 Å². The van der Waals surface area contributed by atoms with Gasteiger partial charge in [0.15, 0.2) is 34.8 Å². The van der Waals surface area contributed by atoms with Crippen LogP contribution in [0.3, 0.4) is 0 Å². The Balaban J connectivity index is 1.14. The number of piperidine rings is 1. The number of ether oxygens (including phenoxy) is 2. The highest BCUT2D eigenvalue weighted by molar-refractivity contribution is 5.81. The second-order valence-electron chi connectivity index (χ2n) is 12.6. The van der Waals surface area contributed by atoms with Crippen molar-refractivity contribution in [1.29, 1.82) is 0 Å². The Bertz CT molecular complexity index is 1970. The molecule has 2 aromatic heterocycles. The smallest absolute Gasteiger partial charge is 0.328 e. The van der Waals surface area contributed by atoms with Crippen molar-refractivity contribution in [2.45, 2.75) is 43.7 Å². The Hall–Kier alpha value is -6.00. The van der Waals surface area contributed by atoms with Crippen LogP contribution >= 0.6 is 0 Å². The quantitative estimate of drug-likeness (QED) is 0.127. The number of azo groups is 2. The highest BCUT2D eigenvalue weighted by atomic mass is 16.5. The molecular formula is C35H40N12O4. The monoisotopic (exact) mass is 692 g/mol. The Morgan fingerprint density at radius 1 is 0.667 bits per heavy atom. The summed E-state index contributed by atoms with van der Waals surface area (Å²) in [6.07, 6.45) is 2.90. The third-order valence-electron chi connectivity index (χ3n) is 9.05. The minimum absolute atomic E-state index is 0.0119. The number of likely N-dealkylation sites (N-methyl/N-ethyl adjacent to an activating group) is 2. The molecule has 2 fully saturated rings. The number of carbonyl (C=O) groups excluding carboxylic acids is 2. The minimum Gasteiger partial charge on any atom is -0.421 e. The molecule has 3 unspecified atom stereocenters. The molecular weight excluding hydrogens is 652 g/mol. The molecule has 2 aliphatic heterocycles. The van der Waals surface area contributed by atoms with Gasteiger partial charge in [0, 0.05) is 12.1 Å². The number of nitrogens with zero attached hydrogens (tertiary/aromatic N) is 8. The van der Waals surface area contributed by atoms with Gasteiger partial charge in [-0.25, -0.2) is 19.6 Å². The van der Waals surface area contributed by atoms with Gasteiger partial charge in [-0.3, -0.25) is 9.80 Å². The Kier molecular flexibility index (Phi) is 10.4. The molecule has 0 radical (unpaired) electrons. The van der Waals surface area contributed by atoms with E-state index >= 15 is 0 Å². The molecule has 16 nitrogen and oxygen atoms in total. The maximum absolute atomic E-state index is 13.5. The van der Waals surface area contributed by atoms with Gasteiger partial charge < -0.3 is 32.4 Å². The number of benzene rings is 2. The van der Waals surface area contributed by atoms with Gasteiger partial charge in [0.2, 0.25) is 0 Å². The van der Waals surface area contributed by atoms with Gasteiger partial charge in [-0.1, -0.05) is 30.3 Å². The summed E-state index contributed by atoms with van der Waals surface area (Å²) < 4.78 is 11.3. The summed E-state index contributed by atoms with van der Waals surface area (Å²) in [5.41, 5.74) is 26.8. The van der Waals surface area contributed by atoms with Crippen LogP contribution < -0.4 is 32.4 Å². The second kappa shape index (κ2) is 15.3. The van der Waals surface area contributed by atoms with Crippen LogP contribution in [0.25, 0.3) is 0 Å². The molecule has 4 aromatic rings. The molecule has 16 heteroatoms. The lowest BCUT2D eigenvalue weighted by molar-refractivity contribution is -0.141. The fraction of sp³-hybridized carbons (Fsp3) is 0.314. The predicted octanol–water partition coefficient (Wildman–Crippen LogP) is 5.42. The van der Waals surface area contributed by atoms with Crippen molar-refractivity contribution in [1.82, 2.24) is 19.8 Å². The molecule has 3 atom stereocenters. The van der Waals surface area contributed by atoms with Crippen LogP contribution in [0.1, 0.15) is 37.2 Å². The average molecular weight is 693 g/mol. The lowest BCUT2D eigenvalue weighted by Gasteiger charge is -2.35. The maximum atomic E-state index is 13.5. The van der Waals surface area contributed by atoms with E-state index < -0.39 is 18.0 Å². The van der Waals surface area contributed by atoms with Gasteiger partial charge in [-0.2, -0.15) is 10.2 Å². The number of aromatic nitrogens is 2. The number of hydrogen-bond donors (Lipinski definition) is 4. The van der Waals surface area contributed by atoms with E-state index in [0.29, 0.717) is 30.8 Å². The first kappa shape index (κ1) is 34.8. The molecule has 2 saturated heterocycles. The number of hydrogen-bond acceptors (Lipinski definition) is 16. The molecule has 264 valence electrons. The first-order valence-corrected chi connectivity index (χ1v) is 16.5. The van der Waals surface area contributed by atoms with Crippen LogP contribution in [0.5, 0.6) is 11.5 Å². The first-order chi connectivity index (χ1) is 24.5. The standard InChI is InChI=1S/C35H40N12O4/c1-46-14-7-12-26(46)34(48)50-28-19-25(31(37)41-32(28)38)45-43-23-11-6-8-20(16-23)21-13-15-47(2)27(17-21)35(49)51-29-18-24(30(36)40-33(29)39)44-42-22-9-4-3-5-10-22/h3-6,8-11,16,18-19,21,26-27H,7,12-15,17H2,1-2H3,(H4,36,39,40)(H4,37,38,41)/b44-42+,45-43+. The third-order valence-corrected chi connectivity index (χ3v) is 9.05. The summed E-state index contributed by atoms with van der Waals surface area (Å²) in [7, 11) is 3.75. The Morgan fingerprint density at radius 3 is 1.84 bits per heavy atom. The summed E-state index contributed by atoms with van der Waals surface area (Å²) >= 11 is 0. The number of esters is 2. The molecule has 6 rings (SSSR count).